The number of benzene rings is 2. The molecule has 2 aromatic carbocycles. The van der Waals surface area contributed by atoms with Crippen LogP contribution in [0.5, 0.6) is 5.75 Å². The number of rotatable bonds is 6. The first-order valence-electron chi connectivity index (χ1n) is 11.1. The number of phenolic OH excluding ortho intramolecular Hbond substituents is 1. The van der Waals surface area contributed by atoms with Crippen LogP contribution in [-0.4, -0.2) is 26.6 Å². The zero-order valence-electron chi connectivity index (χ0n) is 17.8. The molecule has 1 unspecified atom stereocenters. The maximum absolute atomic E-state index is 13.5. The van der Waals surface area contributed by atoms with Gasteiger partial charge in [0.15, 0.2) is 0 Å². The number of imidazole rings is 1. The Morgan fingerprint density at radius 1 is 1.13 bits per heavy atom. The van der Waals surface area contributed by atoms with E-state index in [-0.39, 0.29) is 23.7 Å². The molecule has 1 saturated carbocycles. The highest BCUT2D eigenvalue weighted by molar-refractivity contribution is 5.87. The lowest BCUT2D eigenvalue weighted by Crippen LogP contribution is -2.41. The first-order valence-corrected chi connectivity index (χ1v) is 11.1. The zero-order chi connectivity index (χ0) is 21.1. The topological polar surface area (TPSA) is 67.2 Å². The summed E-state index contributed by atoms with van der Waals surface area (Å²) in [7, 11) is 0. The fourth-order valence-electron chi connectivity index (χ4n) is 4.53. The number of phenols is 1. The van der Waals surface area contributed by atoms with Gasteiger partial charge in [-0.3, -0.25) is 4.79 Å². The maximum Gasteiger partial charge on any atom is 0.243 e. The summed E-state index contributed by atoms with van der Waals surface area (Å²) in [4.78, 5) is 18.4. The predicted molar refractivity (Wildman–Crippen MR) is 120 cm³/mol. The molecule has 0 radical (unpaired) electrons. The molecule has 1 amide bonds. The second-order valence-electron chi connectivity index (χ2n) is 8.83. The van der Waals surface area contributed by atoms with Crippen LogP contribution in [0.4, 0.5) is 0 Å². The Morgan fingerprint density at radius 3 is 2.63 bits per heavy atom. The summed E-state index contributed by atoms with van der Waals surface area (Å²) in [5.41, 5.74) is 2.61. The summed E-state index contributed by atoms with van der Waals surface area (Å²) in [6, 6.07) is 15.0. The summed E-state index contributed by atoms with van der Waals surface area (Å²) < 4.78 is 2.07. The molecule has 1 fully saturated rings. The van der Waals surface area contributed by atoms with Gasteiger partial charge >= 0.3 is 0 Å². The Bertz CT molecular complexity index is 1020. The van der Waals surface area contributed by atoms with Gasteiger partial charge in [-0.15, -0.1) is 0 Å². The molecule has 5 heteroatoms. The molecule has 158 valence electrons. The molecule has 5 nitrogen and oxygen atoms in total. The van der Waals surface area contributed by atoms with Crippen molar-refractivity contribution >= 4 is 16.9 Å². The molecule has 1 heterocycles. The summed E-state index contributed by atoms with van der Waals surface area (Å²) in [5, 5.41) is 13.4. The molecular weight excluding hydrogens is 374 g/mol. The molecule has 1 aromatic heterocycles. The number of carbonyl (C=O) groups excluding carboxylic acids is 1. The number of aromatic nitrogens is 2. The van der Waals surface area contributed by atoms with Gasteiger partial charge in [0.25, 0.3) is 0 Å². The van der Waals surface area contributed by atoms with E-state index in [1.165, 1.54) is 19.3 Å². The molecule has 4 rings (SSSR count). The van der Waals surface area contributed by atoms with Gasteiger partial charge in [0.2, 0.25) is 5.91 Å². The minimum Gasteiger partial charge on any atom is -0.508 e. The van der Waals surface area contributed by atoms with Crippen LogP contribution in [0.1, 0.15) is 58.4 Å². The number of hydrogen-bond donors (Lipinski definition) is 2. The minimum absolute atomic E-state index is 0.0696. The zero-order valence-corrected chi connectivity index (χ0v) is 17.8. The smallest absolute Gasteiger partial charge is 0.243 e. The highest BCUT2D eigenvalue weighted by Gasteiger charge is 2.29. The fraction of sp³-hybridized carbons (Fsp3) is 0.440. The van der Waals surface area contributed by atoms with Crippen molar-refractivity contribution in [3.63, 3.8) is 0 Å². The Labute approximate surface area is 178 Å². The molecule has 0 saturated heterocycles. The second kappa shape index (κ2) is 8.90. The molecule has 1 aliphatic carbocycles. The van der Waals surface area contributed by atoms with Gasteiger partial charge in [0.1, 0.15) is 17.6 Å². The molecule has 0 bridgehead atoms. The van der Waals surface area contributed by atoms with Crippen LogP contribution >= 0.6 is 0 Å². The molecule has 2 N–H and O–H groups in total. The lowest BCUT2D eigenvalue weighted by Gasteiger charge is -2.28. The van der Waals surface area contributed by atoms with Gasteiger partial charge in [0, 0.05) is 11.6 Å². The Kier molecular flexibility index (Phi) is 6.07. The maximum atomic E-state index is 13.5. The fourth-order valence-corrected chi connectivity index (χ4v) is 4.53. The lowest BCUT2D eigenvalue weighted by molar-refractivity contribution is -0.125. The van der Waals surface area contributed by atoms with Gasteiger partial charge in [-0.1, -0.05) is 57.4 Å². The van der Waals surface area contributed by atoms with Crippen LogP contribution in [-0.2, 0) is 4.79 Å². The van der Waals surface area contributed by atoms with Crippen LogP contribution in [0.25, 0.3) is 22.4 Å². The molecule has 1 aliphatic rings. The van der Waals surface area contributed by atoms with Crippen molar-refractivity contribution in [2.75, 3.05) is 0 Å². The molecule has 30 heavy (non-hydrogen) atoms. The molecular formula is C25H31N3O2. The predicted octanol–water partition coefficient (Wildman–Crippen LogP) is 5.45. The summed E-state index contributed by atoms with van der Waals surface area (Å²) in [5.74, 6) is 1.33. The number of aromatic hydroxyl groups is 1. The Hall–Kier alpha value is -2.82. The van der Waals surface area contributed by atoms with E-state index in [0.29, 0.717) is 5.92 Å². The van der Waals surface area contributed by atoms with Crippen LogP contribution in [0.15, 0.2) is 48.5 Å². The lowest BCUT2D eigenvalue weighted by atomic mass is 9.94. The summed E-state index contributed by atoms with van der Waals surface area (Å²) in [6.45, 7) is 4.29. The summed E-state index contributed by atoms with van der Waals surface area (Å²) >= 11 is 0. The van der Waals surface area contributed by atoms with Gasteiger partial charge in [-0.2, -0.15) is 0 Å². The van der Waals surface area contributed by atoms with Crippen molar-refractivity contribution < 1.29 is 9.90 Å². The molecule has 1 atom stereocenters. The quantitative estimate of drug-likeness (QED) is 0.573. The van der Waals surface area contributed by atoms with E-state index in [4.69, 9.17) is 4.98 Å². The van der Waals surface area contributed by atoms with E-state index in [9.17, 15) is 9.90 Å². The number of hydrogen-bond acceptors (Lipinski definition) is 3. The van der Waals surface area contributed by atoms with Crippen molar-refractivity contribution in [1.29, 1.82) is 0 Å². The van der Waals surface area contributed by atoms with Gasteiger partial charge in [-0.05, 0) is 49.4 Å². The van der Waals surface area contributed by atoms with E-state index < -0.39 is 0 Å². The SMILES string of the molecule is CC(C)CC(C(=O)NC1CCCCC1)n1c(-c2cccc(O)c2)nc2ccccc21. The van der Waals surface area contributed by atoms with Crippen LogP contribution < -0.4 is 5.32 Å². The number of nitrogens with one attached hydrogen (secondary N) is 1. The number of nitrogens with zero attached hydrogens (tertiary/aromatic N) is 2. The standard InChI is InChI=1S/C25H31N3O2/c1-17(2)15-23(25(30)26-19-10-4-3-5-11-19)28-22-14-7-6-13-21(22)27-24(28)18-9-8-12-20(29)16-18/h6-9,12-14,16-17,19,23,29H,3-5,10-11,15H2,1-2H3,(H,26,30). The van der Waals surface area contributed by atoms with Crippen LogP contribution in [0.3, 0.4) is 0 Å². The molecule has 0 spiro atoms. The number of carbonyl (C=O) groups is 1. The van der Waals surface area contributed by atoms with E-state index in [2.05, 4.69) is 23.7 Å². The largest absolute Gasteiger partial charge is 0.508 e. The van der Waals surface area contributed by atoms with Crippen molar-refractivity contribution in [3.8, 4) is 17.1 Å². The number of fused-ring (bicyclic) bond motifs is 1. The number of para-hydroxylation sites is 2. The van der Waals surface area contributed by atoms with Crippen LogP contribution in [0.2, 0.25) is 0 Å². The molecule has 0 aliphatic heterocycles. The number of amides is 1. The van der Waals surface area contributed by atoms with E-state index in [1.54, 1.807) is 12.1 Å². The Morgan fingerprint density at radius 2 is 1.90 bits per heavy atom. The van der Waals surface area contributed by atoms with Crippen molar-refractivity contribution in [1.82, 2.24) is 14.9 Å². The first-order chi connectivity index (χ1) is 14.5. The highest BCUT2D eigenvalue weighted by Crippen LogP contribution is 2.33. The van der Waals surface area contributed by atoms with Crippen molar-refractivity contribution in [3.05, 3.63) is 48.5 Å². The van der Waals surface area contributed by atoms with Gasteiger partial charge in [-0.25, -0.2) is 4.98 Å². The van der Waals surface area contributed by atoms with E-state index >= 15 is 0 Å². The molecule has 3 aromatic rings. The first kappa shape index (κ1) is 20.5. The van der Waals surface area contributed by atoms with Crippen molar-refractivity contribution in [2.45, 2.75) is 64.5 Å². The van der Waals surface area contributed by atoms with Gasteiger partial charge in [0.05, 0.1) is 11.0 Å². The second-order valence-corrected chi connectivity index (χ2v) is 8.83. The minimum atomic E-state index is -0.350. The third kappa shape index (κ3) is 4.35. The Balaban J connectivity index is 1.79. The summed E-state index contributed by atoms with van der Waals surface area (Å²) in [6.07, 6.45) is 6.47. The third-order valence-electron chi connectivity index (χ3n) is 5.96. The van der Waals surface area contributed by atoms with Crippen LogP contribution in [0, 0.1) is 5.92 Å². The monoisotopic (exact) mass is 405 g/mol. The third-order valence-corrected chi connectivity index (χ3v) is 5.96. The average Bonchev–Trinajstić information content (AvgIpc) is 3.12. The van der Waals surface area contributed by atoms with E-state index in [1.807, 2.05) is 36.4 Å². The van der Waals surface area contributed by atoms with Gasteiger partial charge < -0.3 is 15.0 Å². The highest BCUT2D eigenvalue weighted by atomic mass is 16.3. The average molecular weight is 406 g/mol. The van der Waals surface area contributed by atoms with Crippen molar-refractivity contribution in [2.24, 2.45) is 5.92 Å². The normalized spacial score (nSPS) is 16.1. The van der Waals surface area contributed by atoms with E-state index in [0.717, 1.165) is 41.7 Å².